The van der Waals surface area contributed by atoms with E-state index in [9.17, 15) is 57.5 Å². The number of carboxylic acids is 1. The highest BCUT2D eigenvalue weighted by molar-refractivity contribution is 9.11. The van der Waals surface area contributed by atoms with Crippen molar-refractivity contribution in [2.45, 2.75) is 141 Å². The fourth-order valence-corrected chi connectivity index (χ4v) is 20.6. The Morgan fingerprint density at radius 2 is 0.791 bits per heavy atom. The van der Waals surface area contributed by atoms with Crippen molar-refractivity contribution in [3.05, 3.63) is 170 Å². The number of methoxy groups -OCH3 is 2. The number of amides is 8. The van der Waals surface area contributed by atoms with Gasteiger partial charge in [0, 0.05) is 307 Å². The first-order valence-corrected chi connectivity index (χ1v) is 53.3. The monoisotopic (exact) mass is 2420 g/mol. The van der Waals surface area contributed by atoms with Crippen molar-refractivity contribution >= 4 is 220 Å². The highest BCUT2D eigenvalue weighted by atomic mass is 79.9. The van der Waals surface area contributed by atoms with Crippen molar-refractivity contribution in [3.8, 4) is 0 Å². The number of likely N-dealkylation sites (tertiary alicyclic amines) is 1. The average molecular weight is 2430 g/mol. The number of anilines is 7. The number of piperazine rings is 6. The summed E-state index contributed by atoms with van der Waals surface area (Å²) in [4.78, 5) is 196. The maximum atomic E-state index is 12.6. The molecular weight excluding hydrogens is 2300 g/mol. The minimum Gasteiger partial charge on any atom is -0.478 e. The van der Waals surface area contributed by atoms with Crippen molar-refractivity contribution in [1.82, 2.24) is 99.0 Å². The van der Waals surface area contributed by atoms with Gasteiger partial charge in [-0.15, -0.1) is 0 Å². The number of aromatic nitrogens is 7. The second-order valence-corrected chi connectivity index (χ2v) is 43.4. The lowest BCUT2D eigenvalue weighted by molar-refractivity contribution is -0.150. The number of nitrogens with one attached hydrogen (secondary N) is 6. The summed E-state index contributed by atoms with van der Waals surface area (Å²) in [5, 5.41) is 27.0. The fourth-order valence-electron chi connectivity index (χ4n) is 18.3. The molecule has 0 saturated carbocycles. The topological polar surface area (TPSA) is 506 Å². The molecule has 43 nitrogen and oxygen atoms in total. The third-order valence-corrected chi connectivity index (χ3v) is 29.0. The molecule has 0 bridgehead atoms. The molecule has 12 aliphatic rings. The zero-order valence-corrected chi connectivity index (χ0v) is 93.9. The van der Waals surface area contributed by atoms with E-state index in [4.69, 9.17) is 26.0 Å². The minimum atomic E-state index is -1.03. The van der Waals surface area contributed by atoms with Crippen LogP contribution in [0.15, 0.2) is 120 Å². The molecule has 7 aromatic heterocycles. The van der Waals surface area contributed by atoms with Crippen LogP contribution in [0.2, 0.25) is 0 Å². The van der Waals surface area contributed by atoms with Gasteiger partial charge in [0.2, 0.25) is 47.3 Å². The first-order chi connectivity index (χ1) is 70.4. The quantitative estimate of drug-likeness (QED) is 0.0293. The van der Waals surface area contributed by atoms with Gasteiger partial charge in [-0.2, -0.15) is 0 Å². The van der Waals surface area contributed by atoms with Crippen molar-refractivity contribution in [2.75, 3.05) is 204 Å². The number of ether oxygens (including phenoxy) is 3. The van der Waals surface area contributed by atoms with E-state index in [2.05, 4.69) is 213 Å². The number of nitrogens with two attached hydrogens (primary N) is 2. The molecule has 7 unspecified atom stereocenters. The molecular formula is C99H127Br6N27O16. The van der Waals surface area contributed by atoms with Crippen molar-refractivity contribution in [1.29, 1.82) is 0 Å². The number of piperidine rings is 1. The molecule has 7 fully saturated rings. The Hall–Kier alpha value is -10.8. The summed E-state index contributed by atoms with van der Waals surface area (Å²) in [5.41, 5.74) is 19.1. The molecule has 8 amide bonds. The third-order valence-electron chi connectivity index (χ3n) is 26.2. The van der Waals surface area contributed by atoms with Crippen LogP contribution in [0.4, 0.5) is 40.7 Å². The molecule has 11 N–H and O–H groups in total. The predicted molar refractivity (Wildman–Crippen MR) is 578 cm³/mol. The van der Waals surface area contributed by atoms with Gasteiger partial charge < -0.3 is 92.1 Å². The van der Waals surface area contributed by atoms with Gasteiger partial charge in [-0.05, 0) is 207 Å². The van der Waals surface area contributed by atoms with E-state index < -0.39 is 29.6 Å². The molecule has 0 aromatic carbocycles. The Balaban J connectivity index is 0.000000153. The first kappa shape index (κ1) is 116. The molecule has 7 aromatic rings. The average Bonchev–Trinajstić information content (AvgIpc) is 1.66. The number of nitrogen functional groups attached to an aromatic ring is 2. The number of esters is 3. The number of carbonyl (C=O) groups is 12. The highest BCUT2D eigenvalue weighted by Crippen LogP contribution is 2.34. The van der Waals surface area contributed by atoms with E-state index in [1.807, 2.05) is 82.2 Å². The lowest BCUT2D eigenvalue weighted by Gasteiger charge is -2.38. The van der Waals surface area contributed by atoms with Gasteiger partial charge >= 0.3 is 23.9 Å². The van der Waals surface area contributed by atoms with Crippen molar-refractivity contribution in [3.63, 3.8) is 0 Å². The van der Waals surface area contributed by atoms with Crippen LogP contribution in [0.1, 0.15) is 104 Å². The van der Waals surface area contributed by atoms with Gasteiger partial charge in [0.15, 0.2) is 0 Å². The number of carboxylic acid groups (broad SMARTS) is 1. The van der Waals surface area contributed by atoms with Gasteiger partial charge in [-0.3, -0.25) is 77.3 Å². The summed E-state index contributed by atoms with van der Waals surface area (Å²) >= 11 is 20.2. The van der Waals surface area contributed by atoms with Crippen LogP contribution in [0, 0.1) is 5.92 Å². The number of aliphatic carboxylic acids is 1. The number of carbonyl (C=O) groups excluding carboxylic acids is 11. The predicted octanol–water partition coefficient (Wildman–Crippen LogP) is 7.43. The summed E-state index contributed by atoms with van der Waals surface area (Å²) in [7, 11) is 8.97. The number of halogens is 6. The number of alkyl halides is 1. The summed E-state index contributed by atoms with van der Waals surface area (Å²) in [5.74, 6) is 2.07. The second-order valence-electron chi connectivity index (χ2n) is 38.2. The van der Waals surface area contributed by atoms with E-state index in [1.165, 1.54) is 53.3 Å². The van der Waals surface area contributed by atoms with Crippen LogP contribution in [0.3, 0.4) is 0 Å². The summed E-state index contributed by atoms with van der Waals surface area (Å²) in [6.45, 7) is 28.4. The van der Waals surface area contributed by atoms with Gasteiger partial charge in [-0.25, -0.2) is 44.5 Å². The van der Waals surface area contributed by atoms with E-state index in [1.54, 1.807) is 58.0 Å². The van der Waals surface area contributed by atoms with Crippen LogP contribution in [-0.2, 0) is 116 Å². The Kier molecular flexibility index (Phi) is 42.5. The Labute approximate surface area is 910 Å². The van der Waals surface area contributed by atoms with Gasteiger partial charge in [0.25, 0.3) is 0 Å². The fraction of sp³-hybridized carbons (Fsp3) is 0.485. The summed E-state index contributed by atoms with van der Waals surface area (Å²) in [6, 6.07) is 12.1. The number of fused-ring (bicyclic) bond motifs is 10. The van der Waals surface area contributed by atoms with E-state index in [-0.39, 0.29) is 89.3 Å². The van der Waals surface area contributed by atoms with Gasteiger partial charge in [0.1, 0.15) is 82.6 Å². The van der Waals surface area contributed by atoms with Crippen LogP contribution in [-0.4, -0.2) is 378 Å². The number of nitrogens with zero attached hydrogens (tertiary/aromatic N) is 19. The zero-order valence-electron chi connectivity index (χ0n) is 84.4. The first-order valence-electron chi connectivity index (χ1n) is 48.2. The Morgan fingerprint density at radius 1 is 0.432 bits per heavy atom. The number of rotatable bonds is 9. The molecule has 19 heterocycles. The standard InChI is InChI=1S/C20H26N4O4.C16H18N4O4.C13H15BrN4O2.C13H19BrN4O2.C12H15BrN4O.C11H13BrN4O.C8H15NO2.C6H6Br2N2/c1-13(25)23-7-8-24-11-15-9-14(5-6-17(26)28-20(2,3)4)10-21-18(15)22-19(27)16(24)12-23;1-10(21)19-4-5-20-8-12-6-11(2-3-14(22)23)7-17-15(12)18-16(24)13(20)9-19;1-8(19)17-2-3-18-6-9-4-10(14)5-15-12(9)16-13(20)11(18)7-17;1-17-3-4-18(11(8-17)13(19)20-2)7-9-5-10(14)6-16-12(9)15;1-16-2-3-17-6-8-4-9(13)5-14-11(8)15-12(18)10(17)7-16;12-8-3-7-6-16-2-1-13-5-9(16)11(17)15-10(7)14-4-8;1-9-5-3-4-7(6-9)8(10)11-2;7-2-4-1-5(8)3-10-6(4)9/h5-6,9-10,16H,7-8,11-12H2,1-4H3,(H,21,22,27);2-3,6-7,13H,4-5,8-9H2,1H3,(H,22,23)(H,17,18,24);4-5,11H,2-3,6-7H2,1H3,(H,15,16,20);5-6,11H,3-4,7-8H2,1-2H3,(H2,15,16);4-5,10H,2-3,6-7H2,1H3,(H,14,15,18);3-4,9,13H,1-2,5-6H2,(H,14,15,17);7H,3-6H2,1-2H3;1,3H,2H2,(H2,9,10)/b6-5+;3-2+;;;;;;. The maximum absolute atomic E-state index is 12.6. The minimum absolute atomic E-state index is 0.0140. The van der Waals surface area contributed by atoms with Gasteiger partial charge in [0.05, 0.1) is 20.1 Å². The summed E-state index contributed by atoms with van der Waals surface area (Å²) in [6.07, 6.45) is 19.2. The van der Waals surface area contributed by atoms with Crippen molar-refractivity contribution in [2.24, 2.45) is 5.92 Å². The second kappa shape index (κ2) is 54.3. The molecule has 12 aliphatic heterocycles. The molecule has 7 saturated heterocycles. The smallest absolute Gasteiger partial charge is 0.331 e. The molecule has 796 valence electrons. The van der Waals surface area contributed by atoms with E-state index in [0.717, 1.165) is 163 Å². The largest absolute Gasteiger partial charge is 0.478 e. The van der Waals surface area contributed by atoms with E-state index in [0.29, 0.717) is 144 Å². The normalized spacial score (nSPS) is 21.6. The number of hydrogen-bond acceptors (Lipinski definition) is 34. The van der Waals surface area contributed by atoms with Crippen molar-refractivity contribution < 1.29 is 76.9 Å². The molecule has 49 heteroatoms. The lowest BCUT2D eigenvalue weighted by atomic mass is 9.99. The Bertz CT molecular complexity index is 6050. The molecule has 19 rings (SSSR count). The molecule has 7 atom stereocenters. The maximum Gasteiger partial charge on any atom is 0.331 e. The van der Waals surface area contributed by atoms with Crippen LogP contribution >= 0.6 is 95.6 Å². The highest BCUT2D eigenvalue weighted by Gasteiger charge is 2.43. The summed E-state index contributed by atoms with van der Waals surface area (Å²) < 4.78 is 19.5. The SMILES string of the molecule is CC(=O)N1CCN2Cc3cc(/C=C/C(=O)O)cnc3NC(=O)C2C1.CC(=O)N1CCN2Cc3cc(/C=C/C(=O)OC(C)(C)C)cnc3NC(=O)C2C1.CC(=O)N1CCN2Cc3cc(Br)cnc3NC(=O)C2C1.CN1CCN2Cc3cc(Br)cnc3NC(=O)C2C1.COC(=O)C1CCCN(C)C1.COC(=O)C1CN(C)CCN1Cc1cc(Br)cnc1N.Nc1ncc(Br)cc1CBr.O=C1Nc2ncc(Br)cc2CN2CCNCC12. The van der Waals surface area contributed by atoms with Crippen LogP contribution in [0.5, 0.6) is 0 Å². The van der Waals surface area contributed by atoms with E-state index >= 15 is 0 Å². The molecule has 0 spiro atoms. The van der Waals surface area contributed by atoms with Crippen LogP contribution < -0.4 is 43.4 Å². The number of likely N-dealkylation sites (N-methyl/N-ethyl adjacent to an activating group) is 2. The Morgan fingerprint density at radius 3 is 1.20 bits per heavy atom. The molecule has 0 radical (unpaired) electrons. The lowest BCUT2D eigenvalue weighted by Crippen LogP contribution is -2.57. The van der Waals surface area contributed by atoms with Gasteiger partial charge in [-0.1, -0.05) is 15.9 Å². The number of pyridine rings is 7. The number of hydrogen-bond donors (Lipinski definition) is 9. The zero-order chi connectivity index (χ0) is 107. The van der Waals surface area contributed by atoms with Crippen LogP contribution in [0.25, 0.3) is 12.2 Å². The molecule has 0 aliphatic carbocycles. The third kappa shape index (κ3) is 33.1. The molecule has 148 heavy (non-hydrogen) atoms.